The van der Waals surface area contributed by atoms with Crippen molar-refractivity contribution in [3.8, 4) is 17.2 Å². The van der Waals surface area contributed by atoms with E-state index in [-0.39, 0.29) is 18.4 Å². The number of hydrogen-bond acceptors (Lipinski definition) is 6. The molecule has 30 heavy (non-hydrogen) atoms. The Hall–Kier alpha value is -3.42. The third-order valence-electron chi connectivity index (χ3n) is 4.97. The standard InChI is InChI=1S/C22H27N3O5/c1-28-18-14-17(15-19(29-2)22(18)30-3)6-7-20(26)25-12-10-23(11-13-25)16-21(27)24-8-4-5-9-24/h6-7,10-15H,4-5,8-9,16H2,1-3H3. The quantitative estimate of drug-likeness (QED) is 0.640. The largest absolute Gasteiger partial charge is 0.493 e. The average molecular weight is 413 g/mol. The first-order valence-corrected chi connectivity index (χ1v) is 9.76. The number of likely N-dealkylation sites (tertiary alicyclic amines) is 1. The van der Waals surface area contributed by atoms with Crippen LogP contribution in [0.3, 0.4) is 0 Å². The van der Waals surface area contributed by atoms with Gasteiger partial charge in [-0.15, -0.1) is 0 Å². The molecule has 3 rings (SSSR count). The Bertz CT molecular complexity index is 833. The van der Waals surface area contributed by atoms with E-state index in [1.165, 1.54) is 18.1 Å². The van der Waals surface area contributed by atoms with Crippen LogP contribution in [0.1, 0.15) is 18.4 Å². The van der Waals surface area contributed by atoms with E-state index >= 15 is 0 Å². The van der Waals surface area contributed by atoms with Gasteiger partial charge in [-0.25, -0.2) is 0 Å². The van der Waals surface area contributed by atoms with Crippen LogP contribution < -0.4 is 14.2 Å². The van der Waals surface area contributed by atoms with Crippen molar-refractivity contribution < 1.29 is 23.8 Å². The Morgan fingerprint density at radius 2 is 1.53 bits per heavy atom. The lowest BCUT2D eigenvalue weighted by atomic mass is 10.1. The van der Waals surface area contributed by atoms with Gasteiger partial charge in [0.25, 0.3) is 5.91 Å². The van der Waals surface area contributed by atoms with Crippen LogP contribution in [-0.4, -0.2) is 67.5 Å². The van der Waals surface area contributed by atoms with Crippen LogP contribution in [-0.2, 0) is 9.59 Å². The monoisotopic (exact) mass is 413 g/mol. The highest BCUT2D eigenvalue weighted by molar-refractivity contribution is 5.93. The summed E-state index contributed by atoms with van der Waals surface area (Å²) in [4.78, 5) is 29.8. The van der Waals surface area contributed by atoms with Crippen molar-refractivity contribution in [2.75, 3.05) is 41.0 Å². The van der Waals surface area contributed by atoms with Crippen LogP contribution in [0.4, 0.5) is 0 Å². The normalized spacial score (nSPS) is 15.8. The molecule has 0 saturated carbocycles. The van der Waals surface area contributed by atoms with Crippen LogP contribution in [0.15, 0.2) is 43.0 Å². The van der Waals surface area contributed by atoms with Crippen molar-refractivity contribution in [2.45, 2.75) is 12.8 Å². The van der Waals surface area contributed by atoms with E-state index in [2.05, 4.69) is 0 Å². The van der Waals surface area contributed by atoms with E-state index in [1.807, 2.05) is 4.90 Å². The number of benzene rings is 1. The Kier molecular flexibility index (Phi) is 7.00. The van der Waals surface area contributed by atoms with Crippen LogP contribution in [0.5, 0.6) is 17.2 Å². The van der Waals surface area contributed by atoms with Gasteiger partial charge in [-0.05, 0) is 36.6 Å². The lowest BCUT2D eigenvalue weighted by Gasteiger charge is -2.24. The van der Waals surface area contributed by atoms with Gasteiger partial charge in [-0.2, -0.15) is 0 Å². The van der Waals surface area contributed by atoms with Gasteiger partial charge in [0.15, 0.2) is 11.5 Å². The van der Waals surface area contributed by atoms with Crippen molar-refractivity contribution >= 4 is 17.9 Å². The van der Waals surface area contributed by atoms with Gasteiger partial charge in [0, 0.05) is 44.0 Å². The molecule has 2 amide bonds. The molecular weight excluding hydrogens is 386 g/mol. The molecule has 8 heteroatoms. The molecule has 2 aliphatic rings. The van der Waals surface area contributed by atoms with Crippen molar-refractivity contribution in [1.82, 2.24) is 14.7 Å². The molecule has 0 aromatic heterocycles. The van der Waals surface area contributed by atoms with E-state index < -0.39 is 0 Å². The molecule has 0 bridgehead atoms. The number of carbonyl (C=O) groups is 2. The first kappa shape index (κ1) is 21.3. The number of ether oxygens (including phenoxy) is 3. The predicted octanol–water partition coefficient (Wildman–Crippen LogP) is 2.43. The molecule has 1 aromatic rings. The van der Waals surface area contributed by atoms with Crippen molar-refractivity contribution in [3.63, 3.8) is 0 Å². The molecule has 0 unspecified atom stereocenters. The summed E-state index contributed by atoms with van der Waals surface area (Å²) in [5.41, 5.74) is 0.737. The van der Waals surface area contributed by atoms with E-state index in [9.17, 15) is 9.59 Å². The maximum absolute atomic E-state index is 12.5. The Morgan fingerprint density at radius 1 is 0.933 bits per heavy atom. The van der Waals surface area contributed by atoms with Gasteiger partial charge in [-0.3, -0.25) is 14.5 Å². The van der Waals surface area contributed by atoms with Gasteiger partial charge in [-0.1, -0.05) is 0 Å². The van der Waals surface area contributed by atoms with Gasteiger partial charge in [0.1, 0.15) is 6.54 Å². The molecule has 0 atom stereocenters. The summed E-state index contributed by atoms with van der Waals surface area (Å²) in [7, 11) is 4.62. The fourth-order valence-electron chi connectivity index (χ4n) is 3.34. The lowest BCUT2D eigenvalue weighted by Crippen LogP contribution is -2.36. The molecule has 2 heterocycles. The molecule has 1 saturated heterocycles. The number of methoxy groups -OCH3 is 3. The topological polar surface area (TPSA) is 71.6 Å². The number of rotatable bonds is 7. The van der Waals surface area contributed by atoms with E-state index in [1.54, 1.807) is 62.1 Å². The molecule has 0 N–H and O–H groups in total. The number of carbonyl (C=O) groups excluding carboxylic acids is 2. The predicted molar refractivity (Wildman–Crippen MR) is 113 cm³/mol. The Labute approximate surface area is 176 Å². The maximum atomic E-state index is 12.5. The van der Waals surface area contributed by atoms with Crippen molar-refractivity contribution in [1.29, 1.82) is 0 Å². The van der Waals surface area contributed by atoms with Gasteiger partial charge >= 0.3 is 0 Å². The zero-order valence-corrected chi connectivity index (χ0v) is 17.5. The maximum Gasteiger partial charge on any atom is 0.254 e. The smallest absolute Gasteiger partial charge is 0.254 e. The highest BCUT2D eigenvalue weighted by Gasteiger charge is 2.20. The summed E-state index contributed by atoms with van der Waals surface area (Å²) >= 11 is 0. The Morgan fingerprint density at radius 3 is 2.07 bits per heavy atom. The van der Waals surface area contributed by atoms with Crippen LogP contribution in [0.25, 0.3) is 6.08 Å². The lowest BCUT2D eigenvalue weighted by molar-refractivity contribution is -0.130. The zero-order chi connectivity index (χ0) is 21.5. The molecule has 2 aliphatic heterocycles. The summed E-state index contributed by atoms with van der Waals surface area (Å²) < 4.78 is 16.0. The first-order chi connectivity index (χ1) is 14.5. The highest BCUT2D eigenvalue weighted by atomic mass is 16.5. The van der Waals surface area contributed by atoms with E-state index in [0.717, 1.165) is 31.5 Å². The zero-order valence-electron chi connectivity index (χ0n) is 17.5. The Balaban J connectivity index is 1.61. The van der Waals surface area contributed by atoms with Crippen molar-refractivity contribution in [3.05, 3.63) is 48.6 Å². The van der Waals surface area contributed by atoms with Crippen LogP contribution in [0, 0.1) is 0 Å². The summed E-state index contributed by atoms with van der Waals surface area (Å²) in [5, 5.41) is 0. The van der Waals surface area contributed by atoms with Crippen molar-refractivity contribution in [2.24, 2.45) is 0 Å². The van der Waals surface area contributed by atoms with Gasteiger partial charge in [0.2, 0.25) is 11.7 Å². The summed E-state index contributed by atoms with van der Waals surface area (Å²) in [5.74, 6) is 1.40. The number of hydrogen-bond donors (Lipinski definition) is 0. The third kappa shape index (κ3) is 4.94. The van der Waals surface area contributed by atoms with Gasteiger partial charge in [0.05, 0.1) is 21.3 Å². The minimum absolute atomic E-state index is 0.101. The second-order valence-electron chi connectivity index (χ2n) is 6.89. The number of nitrogens with zero attached hydrogens (tertiary/aromatic N) is 3. The molecule has 160 valence electrons. The SMILES string of the molecule is COc1cc(C=CC(=O)N2C=CN(CC(=O)N3CCCC3)C=C2)cc(OC)c1OC. The average Bonchev–Trinajstić information content (AvgIpc) is 3.32. The fraction of sp³-hybridized carbons (Fsp3) is 0.364. The molecule has 1 aromatic carbocycles. The summed E-state index contributed by atoms with van der Waals surface area (Å²) in [6.07, 6.45) is 12.0. The minimum Gasteiger partial charge on any atom is -0.493 e. The first-order valence-electron chi connectivity index (χ1n) is 9.76. The molecule has 0 radical (unpaired) electrons. The molecule has 0 spiro atoms. The molecule has 0 aliphatic carbocycles. The molecule has 1 fully saturated rings. The van der Waals surface area contributed by atoms with Gasteiger partial charge < -0.3 is 24.0 Å². The third-order valence-corrected chi connectivity index (χ3v) is 4.97. The van der Waals surface area contributed by atoms with Crippen LogP contribution >= 0.6 is 0 Å². The second kappa shape index (κ2) is 9.87. The van der Waals surface area contributed by atoms with E-state index in [0.29, 0.717) is 17.2 Å². The fourth-order valence-corrected chi connectivity index (χ4v) is 3.34. The molecular formula is C22H27N3O5. The minimum atomic E-state index is -0.221. The molecule has 8 nitrogen and oxygen atoms in total. The summed E-state index contributed by atoms with van der Waals surface area (Å²) in [6, 6.07) is 3.53. The van der Waals surface area contributed by atoms with Crippen LogP contribution in [0.2, 0.25) is 0 Å². The van der Waals surface area contributed by atoms with E-state index in [4.69, 9.17) is 14.2 Å². The summed E-state index contributed by atoms with van der Waals surface area (Å²) in [6.45, 7) is 1.93. The second-order valence-corrected chi connectivity index (χ2v) is 6.89. The number of amides is 2. The highest BCUT2D eigenvalue weighted by Crippen LogP contribution is 2.38.